The Labute approximate surface area is 116 Å². The Kier molecular flexibility index (Phi) is 3.22. The number of aliphatic hydroxyl groups excluding tert-OH is 3. The molecule has 0 bridgehead atoms. The van der Waals surface area contributed by atoms with Gasteiger partial charge in [0.1, 0.15) is 18.3 Å². The molecule has 2 aromatic heterocycles. The van der Waals surface area contributed by atoms with Crippen molar-refractivity contribution in [3.63, 3.8) is 0 Å². The molecule has 108 valence electrons. The zero-order valence-corrected chi connectivity index (χ0v) is 10.7. The number of aliphatic hydroxyl groups is 3. The maximum absolute atomic E-state index is 11.6. The van der Waals surface area contributed by atoms with Crippen LogP contribution in [0, 0.1) is 0 Å². The molecular weight excluding hydrogens is 292 g/mol. The second-order valence-corrected chi connectivity index (χ2v) is 4.81. The molecule has 1 saturated heterocycles. The van der Waals surface area contributed by atoms with Crippen molar-refractivity contribution in [3.8, 4) is 0 Å². The Hall–Kier alpha value is -1.52. The number of hydrogen-bond donors (Lipinski definition) is 4. The highest BCUT2D eigenvalue weighted by atomic mass is 35.5. The topological polar surface area (TPSA) is 133 Å². The van der Waals surface area contributed by atoms with E-state index in [0.717, 1.165) is 0 Å². The number of H-pyrrole nitrogens is 1. The largest absolute Gasteiger partial charge is 0.388 e. The van der Waals surface area contributed by atoms with Gasteiger partial charge in [-0.1, -0.05) is 0 Å². The number of hydrogen-bond acceptors (Lipinski definition) is 7. The number of halogens is 1. The fraction of sp³-hybridized carbons (Fsp3) is 0.500. The molecule has 1 aliphatic rings. The van der Waals surface area contributed by atoms with Crippen LogP contribution >= 0.6 is 11.6 Å². The van der Waals surface area contributed by atoms with Crippen LogP contribution in [0.3, 0.4) is 0 Å². The van der Waals surface area contributed by atoms with E-state index in [9.17, 15) is 20.1 Å². The summed E-state index contributed by atoms with van der Waals surface area (Å²) in [7, 11) is 0. The molecule has 0 spiro atoms. The van der Waals surface area contributed by atoms with E-state index in [-0.39, 0.29) is 23.1 Å². The van der Waals surface area contributed by atoms with Crippen molar-refractivity contribution >= 4 is 22.8 Å². The van der Waals surface area contributed by atoms with Crippen molar-refractivity contribution in [2.24, 2.45) is 0 Å². The van der Waals surface area contributed by atoms with E-state index >= 15 is 0 Å². The summed E-state index contributed by atoms with van der Waals surface area (Å²) >= 11 is 5.68. The highest BCUT2D eigenvalue weighted by Gasteiger charge is 2.39. The average Bonchev–Trinajstić information content (AvgIpc) is 2.80. The molecule has 20 heavy (non-hydrogen) atoms. The quantitative estimate of drug-likeness (QED) is 0.465. The Balaban J connectivity index is 2.09. The maximum atomic E-state index is 11.6. The summed E-state index contributed by atoms with van der Waals surface area (Å²) in [5.41, 5.74) is -0.373. The first-order chi connectivity index (χ1) is 9.49. The van der Waals surface area contributed by atoms with Crippen molar-refractivity contribution < 1.29 is 20.1 Å². The van der Waals surface area contributed by atoms with Gasteiger partial charge < -0.3 is 20.1 Å². The van der Waals surface area contributed by atoms with Crippen molar-refractivity contribution in [1.82, 2.24) is 19.5 Å². The minimum Gasteiger partial charge on any atom is -0.388 e. The number of nitrogens with one attached hydrogen (secondary N) is 1. The number of fused-ring (bicyclic) bond motifs is 1. The molecule has 4 N–H and O–H groups in total. The van der Waals surface area contributed by atoms with E-state index in [0.29, 0.717) is 0 Å². The third kappa shape index (κ3) is 2.00. The van der Waals surface area contributed by atoms with E-state index < -0.39 is 30.1 Å². The standard InChI is InChI=1S/C10H11ClN4O5/c11-10-13-7-4(8(19)14-10)12-2-15(7)9-6(18)5(17)3(16)1-20-9/h2-3,5-6,9,16-18H,1H2,(H,13,14,19)/t3-,5-,6-,9-/m1/s1. The van der Waals surface area contributed by atoms with Gasteiger partial charge >= 0.3 is 0 Å². The van der Waals surface area contributed by atoms with Crippen molar-refractivity contribution in [1.29, 1.82) is 0 Å². The van der Waals surface area contributed by atoms with Gasteiger partial charge in [0.05, 0.1) is 12.9 Å². The lowest BCUT2D eigenvalue weighted by molar-refractivity contribution is -0.210. The third-order valence-corrected chi connectivity index (χ3v) is 3.33. The Morgan fingerprint density at radius 2 is 2.15 bits per heavy atom. The molecule has 1 fully saturated rings. The Morgan fingerprint density at radius 1 is 1.40 bits per heavy atom. The van der Waals surface area contributed by atoms with Crippen LogP contribution in [0.1, 0.15) is 6.23 Å². The van der Waals surface area contributed by atoms with Gasteiger partial charge in [0.15, 0.2) is 17.4 Å². The summed E-state index contributed by atoms with van der Waals surface area (Å²) in [6.45, 7) is -0.167. The SMILES string of the molecule is O=c1[nH]c(Cl)nc2c1ncn2[C@@H]1OC[C@@H](O)[C@@H](O)[C@H]1O. The zero-order valence-electron chi connectivity index (χ0n) is 9.97. The van der Waals surface area contributed by atoms with E-state index in [2.05, 4.69) is 15.0 Å². The van der Waals surface area contributed by atoms with Gasteiger partial charge in [-0.05, 0) is 11.6 Å². The number of nitrogens with zero attached hydrogens (tertiary/aromatic N) is 3. The van der Waals surface area contributed by atoms with Crippen LogP contribution in [-0.2, 0) is 4.74 Å². The number of rotatable bonds is 1. The molecule has 3 heterocycles. The van der Waals surface area contributed by atoms with Crippen LogP contribution < -0.4 is 5.56 Å². The lowest BCUT2D eigenvalue weighted by atomic mass is 10.0. The van der Waals surface area contributed by atoms with Gasteiger partial charge in [-0.25, -0.2) is 4.98 Å². The van der Waals surface area contributed by atoms with Crippen molar-refractivity contribution in [2.45, 2.75) is 24.5 Å². The molecule has 0 saturated carbocycles. The highest BCUT2D eigenvalue weighted by Crippen LogP contribution is 2.26. The van der Waals surface area contributed by atoms with Gasteiger partial charge in [-0.3, -0.25) is 14.3 Å². The first-order valence-corrected chi connectivity index (χ1v) is 6.15. The summed E-state index contributed by atoms with van der Waals surface area (Å²) < 4.78 is 6.56. The first-order valence-electron chi connectivity index (χ1n) is 5.77. The molecule has 4 atom stereocenters. The minimum atomic E-state index is -1.39. The molecule has 0 amide bonds. The molecule has 2 aromatic rings. The lowest BCUT2D eigenvalue weighted by Crippen LogP contribution is -2.50. The summed E-state index contributed by atoms with van der Waals surface area (Å²) in [4.78, 5) is 21.7. The lowest BCUT2D eigenvalue weighted by Gasteiger charge is -2.35. The summed E-state index contributed by atoms with van der Waals surface area (Å²) in [6, 6.07) is 0. The van der Waals surface area contributed by atoms with Crippen molar-refractivity contribution in [3.05, 3.63) is 22.0 Å². The molecule has 0 aliphatic carbocycles. The van der Waals surface area contributed by atoms with Gasteiger partial charge in [-0.15, -0.1) is 0 Å². The fourth-order valence-corrected chi connectivity index (χ4v) is 2.29. The van der Waals surface area contributed by atoms with E-state index in [4.69, 9.17) is 16.3 Å². The average molecular weight is 303 g/mol. The van der Waals surface area contributed by atoms with Crippen LogP contribution in [0.25, 0.3) is 11.2 Å². The molecule has 10 heteroatoms. The smallest absolute Gasteiger partial charge is 0.280 e. The summed E-state index contributed by atoms with van der Waals surface area (Å²) in [6.07, 6.45) is -3.72. The highest BCUT2D eigenvalue weighted by molar-refractivity contribution is 6.28. The molecule has 9 nitrogen and oxygen atoms in total. The molecule has 0 aromatic carbocycles. The molecule has 1 aliphatic heterocycles. The summed E-state index contributed by atoms with van der Waals surface area (Å²) in [5.74, 6) is 0. The predicted octanol–water partition coefficient (Wildman–Crippen LogP) is -1.62. The first kappa shape index (κ1) is 13.5. The summed E-state index contributed by atoms with van der Waals surface area (Å²) in [5, 5.41) is 28.9. The second-order valence-electron chi connectivity index (χ2n) is 4.45. The monoisotopic (exact) mass is 302 g/mol. The molecule has 0 unspecified atom stereocenters. The minimum absolute atomic E-state index is 0.0332. The number of aromatic nitrogens is 4. The molecule has 0 radical (unpaired) electrons. The van der Waals surface area contributed by atoms with Gasteiger partial charge in [0.25, 0.3) is 5.56 Å². The second kappa shape index (κ2) is 4.79. The molecule has 3 rings (SSSR count). The van der Waals surface area contributed by atoms with Crippen LogP contribution in [0.4, 0.5) is 0 Å². The normalized spacial score (nSPS) is 30.8. The van der Waals surface area contributed by atoms with E-state index in [1.165, 1.54) is 10.9 Å². The van der Waals surface area contributed by atoms with Crippen LogP contribution in [0.2, 0.25) is 5.28 Å². The van der Waals surface area contributed by atoms with Crippen LogP contribution in [-0.4, -0.2) is 59.8 Å². The number of aromatic amines is 1. The number of imidazole rings is 1. The molecular formula is C10H11ClN4O5. The number of ether oxygens (including phenoxy) is 1. The van der Waals surface area contributed by atoms with Gasteiger partial charge in [0.2, 0.25) is 5.28 Å². The zero-order chi connectivity index (χ0) is 14.4. The Morgan fingerprint density at radius 3 is 2.90 bits per heavy atom. The van der Waals surface area contributed by atoms with E-state index in [1.54, 1.807) is 0 Å². The van der Waals surface area contributed by atoms with Gasteiger partial charge in [0, 0.05) is 0 Å². The van der Waals surface area contributed by atoms with E-state index in [1.807, 2.05) is 0 Å². The Bertz CT molecular complexity index is 701. The third-order valence-electron chi connectivity index (χ3n) is 3.15. The fourth-order valence-electron chi connectivity index (χ4n) is 2.12. The maximum Gasteiger partial charge on any atom is 0.280 e. The van der Waals surface area contributed by atoms with Crippen molar-refractivity contribution in [2.75, 3.05) is 6.61 Å². The van der Waals surface area contributed by atoms with Crippen LogP contribution in [0.5, 0.6) is 0 Å². The predicted molar refractivity (Wildman–Crippen MR) is 66.2 cm³/mol. The van der Waals surface area contributed by atoms with Crippen LogP contribution in [0.15, 0.2) is 11.1 Å². The van der Waals surface area contributed by atoms with Gasteiger partial charge in [-0.2, -0.15) is 4.98 Å².